The van der Waals surface area contributed by atoms with Gasteiger partial charge in [-0.05, 0) is 67.8 Å². The van der Waals surface area contributed by atoms with Gasteiger partial charge in [-0.15, -0.1) is 0 Å². The molecular weight excluding hydrogens is 342 g/mol. The van der Waals surface area contributed by atoms with Crippen LogP contribution in [0.4, 0.5) is 5.69 Å². The molecule has 1 amide bonds. The predicted molar refractivity (Wildman–Crippen MR) is 106 cm³/mol. The summed E-state index contributed by atoms with van der Waals surface area (Å²) in [6.45, 7) is 6.45. The minimum Gasteiger partial charge on any atom is -0.494 e. The maximum absolute atomic E-state index is 12.1. The summed E-state index contributed by atoms with van der Waals surface area (Å²) >= 11 is 0. The number of unbranched alkanes of at least 4 members (excludes halogenated alkanes) is 2. The van der Waals surface area contributed by atoms with Crippen LogP contribution in [0.15, 0.2) is 42.5 Å². The Balaban J connectivity index is 1.78. The zero-order chi connectivity index (χ0) is 19.6. The summed E-state index contributed by atoms with van der Waals surface area (Å²) in [7, 11) is 0. The van der Waals surface area contributed by atoms with Crippen LogP contribution < -0.4 is 10.1 Å². The molecule has 0 aliphatic heterocycles. The summed E-state index contributed by atoms with van der Waals surface area (Å²) in [5, 5.41) is 2.72. The number of anilines is 1. The van der Waals surface area contributed by atoms with Crippen molar-refractivity contribution >= 4 is 17.6 Å². The molecule has 144 valence electrons. The van der Waals surface area contributed by atoms with Crippen molar-refractivity contribution in [1.82, 2.24) is 0 Å². The fourth-order valence-corrected chi connectivity index (χ4v) is 2.46. The van der Waals surface area contributed by atoms with Crippen LogP contribution in [0.2, 0.25) is 0 Å². The Labute approximate surface area is 160 Å². The van der Waals surface area contributed by atoms with Crippen LogP contribution in [0.3, 0.4) is 0 Å². The van der Waals surface area contributed by atoms with Gasteiger partial charge in [0.25, 0.3) is 5.91 Å². The highest BCUT2D eigenvalue weighted by molar-refractivity contribution is 5.95. The summed E-state index contributed by atoms with van der Waals surface area (Å²) in [5.41, 5.74) is 3.30. The van der Waals surface area contributed by atoms with Gasteiger partial charge in [-0.25, -0.2) is 4.79 Å². The molecule has 0 heterocycles. The van der Waals surface area contributed by atoms with E-state index in [9.17, 15) is 9.59 Å². The van der Waals surface area contributed by atoms with E-state index < -0.39 is 5.97 Å². The molecule has 0 aromatic heterocycles. The third-order valence-electron chi connectivity index (χ3n) is 4.23. The van der Waals surface area contributed by atoms with Crippen molar-refractivity contribution in [2.75, 3.05) is 18.5 Å². The fraction of sp³-hybridized carbons (Fsp3) is 0.364. The number of esters is 1. The van der Waals surface area contributed by atoms with Crippen LogP contribution in [-0.2, 0) is 9.53 Å². The average molecular weight is 369 g/mol. The first-order valence-electron chi connectivity index (χ1n) is 9.26. The molecule has 0 spiro atoms. The largest absolute Gasteiger partial charge is 0.494 e. The van der Waals surface area contributed by atoms with Crippen molar-refractivity contribution in [1.29, 1.82) is 0 Å². The fourth-order valence-electron chi connectivity index (χ4n) is 2.46. The first-order chi connectivity index (χ1) is 13.0. The Bertz CT molecular complexity index is 768. The predicted octanol–water partition coefficient (Wildman–Crippen LogP) is 4.67. The third kappa shape index (κ3) is 6.77. The zero-order valence-electron chi connectivity index (χ0n) is 16.2. The molecule has 27 heavy (non-hydrogen) atoms. The molecule has 0 bridgehead atoms. The van der Waals surface area contributed by atoms with Crippen molar-refractivity contribution in [3.63, 3.8) is 0 Å². The molecular formula is C22H27NO4. The first-order valence-corrected chi connectivity index (χ1v) is 9.26. The van der Waals surface area contributed by atoms with Gasteiger partial charge in [0.1, 0.15) is 5.75 Å². The summed E-state index contributed by atoms with van der Waals surface area (Å²) in [6, 6.07) is 12.4. The number of carbonyl (C=O) groups excluding carboxylic acids is 2. The van der Waals surface area contributed by atoms with Gasteiger partial charge >= 0.3 is 5.97 Å². The number of aryl methyl sites for hydroxylation is 2. The van der Waals surface area contributed by atoms with E-state index in [1.807, 2.05) is 32.0 Å². The molecule has 0 unspecified atom stereocenters. The SMILES string of the molecule is CCCCCOc1ccc(C(=O)OCC(=O)Nc2ccc(C)c(C)c2)cc1. The Morgan fingerprint density at radius 2 is 1.70 bits per heavy atom. The number of nitrogens with one attached hydrogen (secondary N) is 1. The highest BCUT2D eigenvalue weighted by atomic mass is 16.5. The van der Waals surface area contributed by atoms with Crippen molar-refractivity contribution in [3.8, 4) is 5.75 Å². The lowest BCUT2D eigenvalue weighted by Gasteiger charge is -2.09. The Kier molecular flexibility index (Phi) is 7.86. The van der Waals surface area contributed by atoms with E-state index in [0.717, 1.165) is 36.1 Å². The van der Waals surface area contributed by atoms with Crippen molar-refractivity contribution in [2.45, 2.75) is 40.0 Å². The van der Waals surface area contributed by atoms with Gasteiger partial charge in [-0.3, -0.25) is 4.79 Å². The molecule has 5 heteroatoms. The molecule has 0 atom stereocenters. The normalized spacial score (nSPS) is 10.3. The van der Waals surface area contributed by atoms with Gasteiger partial charge in [-0.1, -0.05) is 25.8 Å². The smallest absolute Gasteiger partial charge is 0.338 e. The maximum Gasteiger partial charge on any atom is 0.338 e. The molecule has 0 aliphatic carbocycles. The van der Waals surface area contributed by atoms with E-state index >= 15 is 0 Å². The number of hydrogen-bond donors (Lipinski definition) is 1. The van der Waals surface area contributed by atoms with Gasteiger partial charge in [-0.2, -0.15) is 0 Å². The second-order valence-corrected chi connectivity index (χ2v) is 6.50. The quantitative estimate of drug-likeness (QED) is 0.515. The summed E-state index contributed by atoms with van der Waals surface area (Å²) in [4.78, 5) is 24.0. The van der Waals surface area contributed by atoms with Crippen LogP contribution in [0.5, 0.6) is 5.75 Å². The van der Waals surface area contributed by atoms with Crippen LogP contribution in [0, 0.1) is 13.8 Å². The second kappa shape index (κ2) is 10.4. The van der Waals surface area contributed by atoms with E-state index in [1.165, 1.54) is 0 Å². The lowest BCUT2D eigenvalue weighted by molar-refractivity contribution is -0.119. The molecule has 2 rings (SSSR count). The minimum atomic E-state index is -0.539. The Morgan fingerprint density at radius 3 is 2.37 bits per heavy atom. The van der Waals surface area contributed by atoms with E-state index in [0.29, 0.717) is 17.9 Å². The first kappa shape index (κ1) is 20.5. The van der Waals surface area contributed by atoms with Gasteiger partial charge in [0.15, 0.2) is 6.61 Å². The highest BCUT2D eigenvalue weighted by Crippen LogP contribution is 2.15. The van der Waals surface area contributed by atoms with Crippen molar-refractivity contribution in [2.24, 2.45) is 0 Å². The number of amides is 1. The third-order valence-corrected chi connectivity index (χ3v) is 4.23. The molecule has 0 fully saturated rings. The van der Waals surface area contributed by atoms with Gasteiger partial charge < -0.3 is 14.8 Å². The summed E-state index contributed by atoms with van der Waals surface area (Å²) in [5.74, 6) is -0.194. The van der Waals surface area contributed by atoms with Crippen molar-refractivity contribution in [3.05, 3.63) is 59.2 Å². The lowest BCUT2D eigenvalue weighted by atomic mass is 10.1. The van der Waals surface area contributed by atoms with E-state index in [-0.39, 0.29) is 12.5 Å². The van der Waals surface area contributed by atoms with Crippen LogP contribution in [-0.4, -0.2) is 25.1 Å². The van der Waals surface area contributed by atoms with Gasteiger partial charge in [0.05, 0.1) is 12.2 Å². The lowest BCUT2D eigenvalue weighted by Crippen LogP contribution is -2.21. The number of hydrogen-bond acceptors (Lipinski definition) is 4. The Hall–Kier alpha value is -2.82. The van der Waals surface area contributed by atoms with Crippen LogP contribution in [0.25, 0.3) is 0 Å². The van der Waals surface area contributed by atoms with Crippen LogP contribution >= 0.6 is 0 Å². The monoisotopic (exact) mass is 369 g/mol. The number of rotatable bonds is 9. The number of ether oxygens (including phenoxy) is 2. The Morgan fingerprint density at radius 1 is 0.963 bits per heavy atom. The molecule has 5 nitrogen and oxygen atoms in total. The number of benzene rings is 2. The summed E-state index contributed by atoms with van der Waals surface area (Å²) in [6.07, 6.45) is 3.29. The van der Waals surface area contributed by atoms with Gasteiger partial charge in [0, 0.05) is 5.69 Å². The van der Waals surface area contributed by atoms with Gasteiger partial charge in [0.2, 0.25) is 0 Å². The molecule has 2 aromatic carbocycles. The van der Waals surface area contributed by atoms with E-state index in [2.05, 4.69) is 12.2 Å². The van der Waals surface area contributed by atoms with Crippen LogP contribution in [0.1, 0.15) is 47.7 Å². The maximum atomic E-state index is 12.1. The molecule has 0 saturated heterocycles. The average Bonchev–Trinajstić information content (AvgIpc) is 2.67. The minimum absolute atomic E-state index is 0.332. The van der Waals surface area contributed by atoms with E-state index in [4.69, 9.17) is 9.47 Å². The second-order valence-electron chi connectivity index (χ2n) is 6.50. The molecule has 1 N–H and O–H groups in total. The number of carbonyl (C=O) groups is 2. The highest BCUT2D eigenvalue weighted by Gasteiger charge is 2.11. The molecule has 0 saturated carbocycles. The molecule has 2 aromatic rings. The zero-order valence-corrected chi connectivity index (χ0v) is 16.2. The molecule has 0 aliphatic rings. The summed E-state index contributed by atoms with van der Waals surface area (Å²) < 4.78 is 10.7. The molecule has 0 radical (unpaired) electrons. The topological polar surface area (TPSA) is 64.6 Å². The van der Waals surface area contributed by atoms with E-state index in [1.54, 1.807) is 24.3 Å². The standard InChI is InChI=1S/C22H27NO4/c1-4-5-6-13-26-20-11-8-18(9-12-20)22(25)27-15-21(24)23-19-10-7-16(2)17(3)14-19/h7-12,14H,4-6,13,15H2,1-3H3,(H,23,24). The van der Waals surface area contributed by atoms with Crippen molar-refractivity contribution < 1.29 is 19.1 Å².